The van der Waals surface area contributed by atoms with Crippen molar-refractivity contribution in [3.8, 4) is 0 Å². The number of hydrogen-bond acceptors (Lipinski definition) is 2. The van der Waals surface area contributed by atoms with Gasteiger partial charge in [-0.15, -0.1) is 0 Å². The largest absolute Gasteiger partial charge is 0.466 e. The molecule has 1 aromatic heterocycles. The summed E-state index contributed by atoms with van der Waals surface area (Å²) >= 11 is 0. The monoisotopic (exact) mass is 280 g/mol. The Kier molecular flexibility index (Phi) is 3.51. The molecule has 0 fully saturated rings. The molecular formula is C16H28O2Si. The molecule has 2 rings (SSSR count). The highest BCUT2D eigenvalue weighted by Crippen LogP contribution is 2.47. The number of hydrogen-bond donors (Lipinski definition) is 0. The van der Waals surface area contributed by atoms with E-state index in [4.69, 9.17) is 8.84 Å². The van der Waals surface area contributed by atoms with Crippen molar-refractivity contribution in [2.75, 3.05) is 0 Å². The average Bonchev–Trinajstić information content (AvgIpc) is 2.60. The van der Waals surface area contributed by atoms with Gasteiger partial charge in [0.25, 0.3) is 0 Å². The number of fused-ring (bicyclic) bond motifs is 1. The summed E-state index contributed by atoms with van der Waals surface area (Å²) in [7, 11) is -1.76. The maximum atomic E-state index is 6.61. The third-order valence-electron chi connectivity index (χ3n) is 4.72. The van der Waals surface area contributed by atoms with Crippen molar-refractivity contribution in [3.05, 3.63) is 23.7 Å². The molecule has 0 aromatic carbocycles. The van der Waals surface area contributed by atoms with Gasteiger partial charge >= 0.3 is 0 Å². The summed E-state index contributed by atoms with van der Waals surface area (Å²) in [5.41, 5.74) is 1.63. The molecule has 19 heavy (non-hydrogen) atoms. The highest BCUT2D eigenvalue weighted by Gasteiger charge is 2.43. The molecule has 1 atom stereocenters. The summed E-state index contributed by atoms with van der Waals surface area (Å²) in [6.07, 6.45) is 4.10. The van der Waals surface area contributed by atoms with Crippen LogP contribution >= 0.6 is 0 Å². The summed E-state index contributed by atoms with van der Waals surface area (Å²) in [5.74, 6) is 1.07. The normalized spacial score (nSPS) is 23.2. The second-order valence-electron chi connectivity index (χ2n) is 8.22. The zero-order valence-electron chi connectivity index (χ0n) is 13.5. The van der Waals surface area contributed by atoms with Gasteiger partial charge in [0, 0.05) is 0 Å². The molecule has 0 saturated heterocycles. The van der Waals surface area contributed by atoms with Crippen LogP contribution in [0.1, 0.15) is 58.5 Å². The summed E-state index contributed by atoms with van der Waals surface area (Å²) in [6, 6.07) is 2.11. The van der Waals surface area contributed by atoms with Crippen molar-refractivity contribution in [2.24, 2.45) is 5.41 Å². The lowest BCUT2D eigenvalue weighted by Crippen LogP contribution is -2.43. The molecule has 0 N–H and O–H groups in total. The Labute approximate surface area is 118 Å². The molecule has 0 spiro atoms. The fourth-order valence-corrected chi connectivity index (χ4v) is 3.84. The van der Waals surface area contributed by atoms with Crippen LogP contribution in [0.2, 0.25) is 18.1 Å². The van der Waals surface area contributed by atoms with Crippen LogP contribution in [0.4, 0.5) is 0 Å². The van der Waals surface area contributed by atoms with E-state index in [0.717, 1.165) is 18.6 Å². The van der Waals surface area contributed by atoms with E-state index in [1.807, 2.05) is 6.26 Å². The quantitative estimate of drug-likeness (QED) is 0.684. The fraction of sp³-hybridized carbons (Fsp3) is 0.750. The maximum absolute atomic E-state index is 6.61. The first kappa shape index (κ1) is 14.9. The van der Waals surface area contributed by atoms with E-state index >= 15 is 0 Å². The third-order valence-corrected chi connectivity index (χ3v) is 9.21. The van der Waals surface area contributed by atoms with Crippen molar-refractivity contribution in [3.63, 3.8) is 0 Å². The second kappa shape index (κ2) is 4.49. The minimum absolute atomic E-state index is 0.134. The highest BCUT2D eigenvalue weighted by molar-refractivity contribution is 6.74. The van der Waals surface area contributed by atoms with Crippen LogP contribution in [0.5, 0.6) is 0 Å². The molecule has 1 heterocycles. The average molecular weight is 280 g/mol. The Morgan fingerprint density at radius 2 is 1.95 bits per heavy atom. The van der Waals surface area contributed by atoms with E-state index in [0.29, 0.717) is 5.41 Å². The Morgan fingerprint density at radius 3 is 2.53 bits per heavy atom. The Hall–Kier alpha value is -0.543. The van der Waals surface area contributed by atoms with Gasteiger partial charge in [0.05, 0.1) is 6.26 Å². The number of furan rings is 1. The molecule has 108 valence electrons. The van der Waals surface area contributed by atoms with Gasteiger partial charge in [-0.1, -0.05) is 34.6 Å². The standard InChI is InChI=1S/C16H28O2Si/c1-15(2,3)19(6,7)18-13-11-16(4,5)10-12-8-9-17-14(12)13/h8-9,13H,10-11H2,1-7H3. The molecule has 0 bridgehead atoms. The molecule has 1 aliphatic rings. The van der Waals surface area contributed by atoms with Gasteiger partial charge in [0.2, 0.25) is 0 Å². The molecule has 1 unspecified atom stereocenters. The van der Waals surface area contributed by atoms with Gasteiger partial charge in [-0.3, -0.25) is 0 Å². The minimum Gasteiger partial charge on any atom is -0.466 e. The van der Waals surface area contributed by atoms with E-state index in [2.05, 4.69) is 53.8 Å². The lowest BCUT2D eigenvalue weighted by atomic mass is 9.75. The second-order valence-corrected chi connectivity index (χ2v) is 13.0. The van der Waals surface area contributed by atoms with Gasteiger partial charge in [-0.2, -0.15) is 0 Å². The van der Waals surface area contributed by atoms with Crippen LogP contribution in [0.3, 0.4) is 0 Å². The Balaban J connectivity index is 2.27. The number of rotatable bonds is 2. The summed E-state index contributed by atoms with van der Waals surface area (Å²) in [4.78, 5) is 0. The van der Waals surface area contributed by atoms with E-state index in [9.17, 15) is 0 Å². The topological polar surface area (TPSA) is 22.4 Å². The molecule has 0 amide bonds. The first-order valence-corrected chi connectivity index (χ1v) is 10.2. The van der Waals surface area contributed by atoms with Gasteiger partial charge in [-0.05, 0) is 48.0 Å². The van der Waals surface area contributed by atoms with Crippen LogP contribution in [0.25, 0.3) is 0 Å². The Morgan fingerprint density at radius 1 is 1.32 bits per heavy atom. The lowest BCUT2D eigenvalue weighted by molar-refractivity contribution is 0.0868. The van der Waals surface area contributed by atoms with Crippen LogP contribution in [-0.2, 0) is 10.8 Å². The molecule has 0 saturated carbocycles. The molecule has 1 aliphatic carbocycles. The van der Waals surface area contributed by atoms with Gasteiger partial charge in [-0.25, -0.2) is 0 Å². The molecular weight excluding hydrogens is 252 g/mol. The van der Waals surface area contributed by atoms with E-state index in [1.165, 1.54) is 5.56 Å². The van der Waals surface area contributed by atoms with Crippen molar-refractivity contribution in [2.45, 2.75) is 71.7 Å². The predicted octanol–water partition coefficient (Wildman–Crippen LogP) is 5.31. The summed E-state index contributed by atoms with van der Waals surface area (Å²) < 4.78 is 12.3. The highest BCUT2D eigenvalue weighted by atomic mass is 28.4. The molecule has 2 nitrogen and oxygen atoms in total. The minimum atomic E-state index is -1.76. The molecule has 0 aliphatic heterocycles. The molecule has 3 heteroatoms. The third kappa shape index (κ3) is 2.97. The van der Waals surface area contributed by atoms with Crippen LogP contribution in [0, 0.1) is 5.41 Å². The van der Waals surface area contributed by atoms with Crippen LogP contribution in [-0.4, -0.2) is 8.32 Å². The SMILES string of the molecule is CC1(C)Cc2ccoc2C(O[Si](C)(C)C(C)(C)C)C1. The fourth-order valence-electron chi connectivity index (χ4n) is 2.59. The van der Waals surface area contributed by atoms with Gasteiger partial charge in [0.15, 0.2) is 8.32 Å². The lowest BCUT2D eigenvalue weighted by Gasteiger charge is -2.42. The van der Waals surface area contributed by atoms with Crippen molar-refractivity contribution in [1.82, 2.24) is 0 Å². The maximum Gasteiger partial charge on any atom is 0.193 e. The molecule has 0 radical (unpaired) electrons. The summed E-state index contributed by atoms with van der Waals surface area (Å²) in [6.45, 7) is 16.1. The predicted molar refractivity (Wildman–Crippen MR) is 81.8 cm³/mol. The van der Waals surface area contributed by atoms with E-state index < -0.39 is 8.32 Å². The zero-order chi connectivity index (χ0) is 14.5. The first-order chi connectivity index (χ1) is 8.52. The van der Waals surface area contributed by atoms with Crippen molar-refractivity contribution >= 4 is 8.32 Å². The van der Waals surface area contributed by atoms with Gasteiger partial charge < -0.3 is 8.84 Å². The van der Waals surface area contributed by atoms with Crippen molar-refractivity contribution in [1.29, 1.82) is 0 Å². The Bertz CT molecular complexity index is 452. The first-order valence-electron chi connectivity index (χ1n) is 7.26. The zero-order valence-corrected chi connectivity index (χ0v) is 14.5. The van der Waals surface area contributed by atoms with E-state index in [-0.39, 0.29) is 11.1 Å². The van der Waals surface area contributed by atoms with Gasteiger partial charge in [0.1, 0.15) is 11.9 Å². The van der Waals surface area contributed by atoms with Crippen molar-refractivity contribution < 1.29 is 8.84 Å². The molecule has 1 aromatic rings. The smallest absolute Gasteiger partial charge is 0.193 e. The van der Waals surface area contributed by atoms with Crippen LogP contribution < -0.4 is 0 Å². The van der Waals surface area contributed by atoms with E-state index in [1.54, 1.807) is 0 Å². The summed E-state index contributed by atoms with van der Waals surface area (Å²) in [5, 5.41) is 0.237. The van der Waals surface area contributed by atoms with Crippen LogP contribution in [0.15, 0.2) is 16.7 Å².